The number of amides is 1. The van der Waals surface area contributed by atoms with Gasteiger partial charge >= 0.3 is 6.61 Å². The molecule has 0 bridgehead atoms. The summed E-state index contributed by atoms with van der Waals surface area (Å²) in [5, 5.41) is 23.1. The van der Waals surface area contributed by atoms with E-state index in [4.69, 9.17) is 16.3 Å². The second-order valence-corrected chi connectivity index (χ2v) is 10.6. The van der Waals surface area contributed by atoms with Gasteiger partial charge in [0.25, 0.3) is 0 Å². The summed E-state index contributed by atoms with van der Waals surface area (Å²) in [6.07, 6.45) is 4.98. The van der Waals surface area contributed by atoms with Crippen LogP contribution in [0, 0.1) is 0 Å². The predicted octanol–water partition coefficient (Wildman–Crippen LogP) is 2.66. The monoisotopic (exact) mass is 603 g/mol. The Morgan fingerprint density at radius 1 is 1.24 bits per heavy atom. The number of anilines is 1. The number of likely N-dealkylation sites (N-methyl/N-ethyl adjacent to an activating group) is 1. The molecular weight excluding hydrogens is 572 g/mol. The van der Waals surface area contributed by atoms with Crippen molar-refractivity contribution in [3.05, 3.63) is 59.6 Å². The summed E-state index contributed by atoms with van der Waals surface area (Å²) in [5.41, 5.74) is 1.40. The van der Waals surface area contributed by atoms with E-state index in [-0.39, 0.29) is 40.2 Å². The lowest BCUT2D eigenvalue weighted by Gasteiger charge is -2.35. The standard InChI is InChI=1S/C27H32ClF2N9O3/c1-35(2)8-9-36-10-12-37(13-11-36)23(40)17-38-16-21(33-26(41)20-15-32-39-7-3-6-31-25(20)39)24(34-38)19-14-18(28)4-5-22(19)42-27(29)30/h3-7,14-16,26-27,33,41H,8-13,17H2,1-2H3. The van der Waals surface area contributed by atoms with Gasteiger partial charge in [-0.15, -0.1) is 0 Å². The van der Waals surface area contributed by atoms with Crippen molar-refractivity contribution in [2.24, 2.45) is 0 Å². The number of nitrogens with one attached hydrogen (secondary N) is 1. The molecule has 1 saturated heterocycles. The van der Waals surface area contributed by atoms with E-state index in [1.165, 1.54) is 39.8 Å². The fraction of sp³-hybridized carbons (Fsp3) is 0.407. The van der Waals surface area contributed by atoms with Gasteiger partial charge in [-0.1, -0.05) is 11.6 Å². The maximum atomic E-state index is 13.3. The second kappa shape index (κ2) is 13.0. The number of piperazine rings is 1. The van der Waals surface area contributed by atoms with Crippen LogP contribution in [0.5, 0.6) is 5.75 Å². The Kier molecular flexibility index (Phi) is 9.16. The van der Waals surface area contributed by atoms with Crippen molar-refractivity contribution < 1.29 is 23.4 Å². The highest BCUT2D eigenvalue weighted by atomic mass is 35.5. The van der Waals surface area contributed by atoms with E-state index in [0.717, 1.165) is 26.2 Å². The smallest absolute Gasteiger partial charge is 0.387 e. The molecular formula is C27H32ClF2N9O3. The van der Waals surface area contributed by atoms with Crippen LogP contribution < -0.4 is 10.1 Å². The van der Waals surface area contributed by atoms with Gasteiger partial charge < -0.3 is 25.0 Å². The number of carbonyl (C=O) groups excluding carboxylic acids is 1. The first kappa shape index (κ1) is 29.6. The van der Waals surface area contributed by atoms with E-state index in [1.54, 1.807) is 23.4 Å². The molecule has 0 aliphatic carbocycles. The number of aliphatic hydroxyl groups is 1. The highest BCUT2D eigenvalue weighted by Crippen LogP contribution is 2.38. The maximum absolute atomic E-state index is 13.3. The van der Waals surface area contributed by atoms with Crippen LogP contribution in [-0.4, -0.2) is 110 Å². The zero-order valence-electron chi connectivity index (χ0n) is 23.2. The van der Waals surface area contributed by atoms with Crippen LogP contribution in [0.4, 0.5) is 14.5 Å². The summed E-state index contributed by atoms with van der Waals surface area (Å²) in [6, 6.07) is 5.89. The number of benzene rings is 1. The van der Waals surface area contributed by atoms with E-state index in [0.29, 0.717) is 24.3 Å². The highest BCUT2D eigenvalue weighted by Gasteiger charge is 2.25. The zero-order valence-corrected chi connectivity index (χ0v) is 24.0. The van der Waals surface area contributed by atoms with E-state index in [2.05, 4.69) is 30.3 Å². The SMILES string of the molecule is CN(C)CCN1CCN(C(=O)Cn2cc(NC(O)c3cnn4cccnc34)c(-c3cc(Cl)ccc3OC(F)F)n2)CC1. The molecule has 1 unspecified atom stereocenters. The molecule has 0 saturated carbocycles. The molecule has 1 aliphatic heterocycles. The lowest BCUT2D eigenvalue weighted by atomic mass is 10.1. The number of halogens is 3. The summed E-state index contributed by atoms with van der Waals surface area (Å²) < 4.78 is 34.2. The average Bonchev–Trinajstić information content (AvgIpc) is 3.57. The number of carbonyl (C=O) groups is 1. The van der Waals surface area contributed by atoms with Crippen LogP contribution in [0.15, 0.2) is 49.1 Å². The molecule has 1 aliphatic rings. The average molecular weight is 604 g/mol. The van der Waals surface area contributed by atoms with Crippen molar-refractivity contribution >= 4 is 28.8 Å². The Morgan fingerprint density at radius 3 is 2.76 bits per heavy atom. The minimum atomic E-state index is -3.09. The van der Waals surface area contributed by atoms with Gasteiger partial charge in [0.2, 0.25) is 5.91 Å². The normalized spacial score (nSPS) is 15.1. The fourth-order valence-electron chi connectivity index (χ4n) is 4.76. The number of hydrogen-bond acceptors (Lipinski definition) is 9. The van der Waals surface area contributed by atoms with Gasteiger partial charge in [-0.05, 0) is 38.4 Å². The molecule has 42 heavy (non-hydrogen) atoms. The van der Waals surface area contributed by atoms with Crippen LogP contribution in [0.25, 0.3) is 16.9 Å². The molecule has 224 valence electrons. The predicted molar refractivity (Wildman–Crippen MR) is 152 cm³/mol. The van der Waals surface area contributed by atoms with E-state index < -0.39 is 12.8 Å². The van der Waals surface area contributed by atoms with Crippen molar-refractivity contribution in [3.8, 4) is 17.0 Å². The van der Waals surface area contributed by atoms with Crippen LogP contribution in [0.1, 0.15) is 11.8 Å². The van der Waals surface area contributed by atoms with Crippen LogP contribution in [0.3, 0.4) is 0 Å². The summed E-state index contributed by atoms with van der Waals surface area (Å²) in [4.78, 5) is 23.7. The van der Waals surface area contributed by atoms with Crippen molar-refractivity contribution in [2.75, 3.05) is 58.7 Å². The number of aliphatic hydroxyl groups excluding tert-OH is 1. The Hall–Kier alpha value is -3.85. The van der Waals surface area contributed by atoms with Gasteiger partial charge in [0.05, 0.1) is 17.4 Å². The fourth-order valence-corrected chi connectivity index (χ4v) is 4.93. The zero-order chi connectivity index (χ0) is 29.8. The molecule has 1 aromatic carbocycles. The van der Waals surface area contributed by atoms with Crippen molar-refractivity contribution in [1.82, 2.24) is 39.1 Å². The van der Waals surface area contributed by atoms with Gasteiger partial charge in [0, 0.05) is 68.4 Å². The molecule has 1 atom stereocenters. The van der Waals surface area contributed by atoms with Gasteiger partial charge in [-0.3, -0.25) is 14.4 Å². The van der Waals surface area contributed by atoms with Crippen LogP contribution >= 0.6 is 11.6 Å². The Labute approximate surface area is 246 Å². The third-order valence-electron chi connectivity index (χ3n) is 6.95. The molecule has 15 heteroatoms. The number of aromatic nitrogens is 5. The molecule has 3 aromatic heterocycles. The number of fused-ring (bicyclic) bond motifs is 1. The molecule has 2 N–H and O–H groups in total. The van der Waals surface area contributed by atoms with Gasteiger partial charge in [0.1, 0.15) is 18.0 Å². The first-order valence-electron chi connectivity index (χ1n) is 13.4. The van der Waals surface area contributed by atoms with Gasteiger partial charge in [-0.25, -0.2) is 9.50 Å². The minimum absolute atomic E-state index is 0.0909. The number of ether oxygens (including phenoxy) is 1. The van der Waals surface area contributed by atoms with Crippen molar-refractivity contribution in [3.63, 3.8) is 0 Å². The topological polar surface area (TPSA) is 116 Å². The number of alkyl halides is 2. The Bertz CT molecular complexity index is 1520. The molecule has 4 aromatic rings. The molecule has 1 amide bonds. The number of nitrogens with zero attached hydrogens (tertiary/aromatic N) is 8. The van der Waals surface area contributed by atoms with Crippen molar-refractivity contribution in [1.29, 1.82) is 0 Å². The first-order chi connectivity index (χ1) is 20.2. The van der Waals surface area contributed by atoms with Gasteiger partial charge in [-0.2, -0.15) is 19.0 Å². The minimum Gasteiger partial charge on any atom is -0.434 e. The van der Waals surface area contributed by atoms with E-state index >= 15 is 0 Å². The van der Waals surface area contributed by atoms with Crippen molar-refractivity contribution in [2.45, 2.75) is 19.4 Å². The molecule has 0 radical (unpaired) electrons. The summed E-state index contributed by atoms with van der Waals surface area (Å²) in [5.74, 6) is -0.291. The molecule has 12 nitrogen and oxygen atoms in total. The number of hydrogen-bond donors (Lipinski definition) is 2. The summed E-state index contributed by atoms with van der Waals surface area (Å²) in [7, 11) is 4.06. The van der Waals surface area contributed by atoms with E-state index in [1.807, 2.05) is 14.1 Å². The third kappa shape index (κ3) is 6.95. The Balaban J connectivity index is 1.40. The first-order valence-corrected chi connectivity index (χ1v) is 13.8. The lowest BCUT2D eigenvalue weighted by molar-refractivity contribution is -0.133. The maximum Gasteiger partial charge on any atom is 0.387 e. The third-order valence-corrected chi connectivity index (χ3v) is 7.19. The molecule has 4 heterocycles. The second-order valence-electron chi connectivity index (χ2n) is 10.2. The van der Waals surface area contributed by atoms with E-state index in [9.17, 15) is 18.7 Å². The van der Waals surface area contributed by atoms with Crippen LogP contribution in [0.2, 0.25) is 5.02 Å². The summed E-state index contributed by atoms with van der Waals surface area (Å²) in [6.45, 7) is 1.42. The highest BCUT2D eigenvalue weighted by molar-refractivity contribution is 6.31. The van der Waals surface area contributed by atoms with Crippen LogP contribution in [-0.2, 0) is 11.3 Å². The molecule has 5 rings (SSSR count). The Morgan fingerprint density at radius 2 is 2.02 bits per heavy atom. The quantitative estimate of drug-likeness (QED) is 0.250. The largest absolute Gasteiger partial charge is 0.434 e. The summed E-state index contributed by atoms with van der Waals surface area (Å²) >= 11 is 6.22. The molecule has 1 fully saturated rings. The number of rotatable bonds is 11. The van der Waals surface area contributed by atoms with Gasteiger partial charge in [0.15, 0.2) is 11.9 Å². The lowest BCUT2D eigenvalue weighted by Crippen LogP contribution is -2.50. The molecule has 0 spiro atoms.